The van der Waals surface area contributed by atoms with Gasteiger partial charge in [-0.15, -0.1) is 0 Å². The van der Waals surface area contributed by atoms with Crippen LogP contribution >= 0.6 is 0 Å². The Morgan fingerprint density at radius 3 is 2.64 bits per heavy atom. The Morgan fingerprint density at radius 2 is 1.86 bits per heavy atom. The zero-order valence-electron chi connectivity index (χ0n) is 18.0. The topological polar surface area (TPSA) is 43.4 Å². The highest BCUT2D eigenvalue weighted by Gasteiger charge is 2.61. The van der Waals surface area contributed by atoms with Crippen LogP contribution in [-0.2, 0) is 14.3 Å². The zero-order chi connectivity index (χ0) is 19.9. The van der Waals surface area contributed by atoms with Gasteiger partial charge in [-0.3, -0.25) is 4.79 Å². The molecule has 0 aromatic rings. The molecule has 7 atom stereocenters. The lowest BCUT2D eigenvalue weighted by molar-refractivity contribution is -0.155. The average Bonchev–Trinajstić information content (AvgIpc) is 2.99. The lowest BCUT2D eigenvalue weighted by Gasteiger charge is -2.59. The number of ketones is 1. The van der Waals surface area contributed by atoms with E-state index in [9.17, 15) is 9.59 Å². The number of Topliss-reactive ketones (excluding diaryl/α,β-unsaturated/α-hetero) is 1. The first-order valence-electron chi connectivity index (χ1n) is 11.8. The summed E-state index contributed by atoms with van der Waals surface area (Å²) in [5.41, 5.74) is 0.660. The second-order valence-electron chi connectivity index (χ2n) is 10.6. The molecule has 0 spiro atoms. The fourth-order valence-corrected chi connectivity index (χ4v) is 7.98. The molecule has 0 N–H and O–H groups in total. The number of rotatable bonds is 4. The standard InChI is InChI=1S/C25H38O3/c1-4-28-22(27)10-7-9-17-11-12-19-23-20(13-15-25(17,19)3)24(2)14-6-5-8-18(24)16-21(23)26/h7,10,17-20,23H,4-6,8-9,11-16H2,1-3H3/b10-7+. The molecule has 4 fully saturated rings. The lowest BCUT2D eigenvalue weighted by Crippen LogP contribution is -2.56. The maximum atomic E-state index is 13.3. The Kier molecular flexibility index (Phi) is 5.48. The number of hydrogen-bond donors (Lipinski definition) is 0. The van der Waals surface area contributed by atoms with Crippen molar-refractivity contribution in [2.45, 2.75) is 85.0 Å². The fraction of sp³-hybridized carbons (Fsp3) is 0.840. The van der Waals surface area contributed by atoms with Gasteiger partial charge in [-0.25, -0.2) is 4.79 Å². The van der Waals surface area contributed by atoms with E-state index in [0.29, 0.717) is 47.4 Å². The van der Waals surface area contributed by atoms with Crippen LogP contribution in [0.2, 0.25) is 0 Å². The van der Waals surface area contributed by atoms with Gasteiger partial charge in [0.15, 0.2) is 0 Å². The van der Waals surface area contributed by atoms with Crippen LogP contribution in [0.25, 0.3) is 0 Å². The van der Waals surface area contributed by atoms with Crippen molar-refractivity contribution in [3.8, 4) is 0 Å². The van der Waals surface area contributed by atoms with E-state index < -0.39 is 0 Å². The molecule has 0 aliphatic heterocycles. The van der Waals surface area contributed by atoms with Crippen LogP contribution in [0.4, 0.5) is 0 Å². The molecule has 4 saturated carbocycles. The number of hydrogen-bond acceptors (Lipinski definition) is 3. The van der Waals surface area contributed by atoms with Crippen molar-refractivity contribution in [1.29, 1.82) is 0 Å². The van der Waals surface area contributed by atoms with Crippen LogP contribution in [0.1, 0.15) is 85.0 Å². The van der Waals surface area contributed by atoms with E-state index in [1.165, 1.54) is 51.4 Å². The van der Waals surface area contributed by atoms with Crippen molar-refractivity contribution < 1.29 is 14.3 Å². The minimum absolute atomic E-state index is 0.232. The van der Waals surface area contributed by atoms with Gasteiger partial charge >= 0.3 is 5.97 Å². The normalized spacial score (nSPS) is 45.4. The van der Waals surface area contributed by atoms with Gasteiger partial charge in [0.1, 0.15) is 5.78 Å². The molecular weight excluding hydrogens is 348 g/mol. The molecule has 4 aliphatic carbocycles. The molecule has 0 saturated heterocycles. The summed E-state index contributed by atoms with van der Waals surface area (Å²) in [7, 11) is 0. The van der Waals surface area contributed by atoms with Crippen molar-refractivity contribution in [3.05, 3.63) is 12.2 Å². The summed E-state index contributed by atoms with van der Waals surface area (Å²) in [5, 5.41) is 0. The number of fused-ring (bicyclic) bond motifs is 5. The Morgan fingerprint density at radius 1 is 1.07 bits per heavy atom. The lowest BCUT2D eigenvalue weighted by atomic mass is 9.44. The second kappa shape index (κ2) is 7.61. The summed E-state index contributed by atoms with van der Waals surface area (Å²) in [4.78, 5) is 24.9. The van der Waals surface area contributed by atoms with E-state index in [0.717, 1.165) is 12.8 Å². The number of carbonyl (C=O) groups excluding carboxylic acids is 2. The van der Waals surface area contributed by atoms with Crippen molar-refractivity contribution in [3.63, 3.8) is 0 Å². The molecule has 0 aromatic carbocycles. The Labute approximate surface area is 170 Å². The van der Waals surface area contributed by atoms with E-state index in [2.05, 4.69) is 13.8 Å². The first-order chi connectivity index (χ1) is 13.4. The zero-order valence-corrected chi connectivity index (χ0v) is 18.0. The Bertz CT molecular complexity index is 652. The van der Waals surface area contributed by atoms with Crippen LogP contribution in [-0.4, -0.2) is 18.4 Å². The molecule has 0 bridgehead atoms. The molecule has 28 heavy (non-hydrogen) atoms. The van der Waals surface area contributed by atoms with Crippen LogP contribution in [0, 0.1) is 40.4 Å². The van der Waals surface area contributed by atoms with Gasteiger partial charge in [-0.2, -0.15) is 0 Å². The van der Waals surface area contributed by atoms with Gasteiger partial charge < -0.3 is 4.74 Å². The number of esters is 1. The van der Waals surface area contributed by atoms with E-state index in [4.69, 9.17) is 4.74 Å². The first kappa shape index (κ1) is 20.2. The highest BCUT2D eigenvalue weighted by atomic mass is 16.5. The molecule has 0 amide bonds. The first-order valence-corrected chi connectivity index (χ1v) is 11.8. The summed E-state index contributed by atoms with van der Waals surface area (Å²) in [5.74, 6) is 3.07. The van der Waals surface area contributed by atoms with Crippen molar-refractivity contribution >= 4 is 11.8 Å². The third kappa shape index (κ3) is 3.17. The predicted octanol–water partition coefficient (Wildman–Crippen LogP) is 5.72. The molecular formula is C25H38O3. The number of allylic oxidation sites excluding steroid dienone is 1. The van der Waals surface area contributed by atoms with Crippen LogP contribution in [0.5, 0.6) is 0 Å². The van der Waals surface area contributed by atoms with Crippen molar-refractivity contribution in [1.82, 2.24) is 0 Å². The van der Waals surface area contributed by atoms with Gasteiger partial charge in [0.25, 0.3) is 0 Å². The van der Waals surface area contributed by atoms with Gasteiger partial charge in [0.05, 0.1) is 6.61 Å². The molecule has 4 rings (SSSR count). The molecule has 0 radical (unpaired) electrons. The second-order valence-corrected chi connectivity index (χ2v) is 10.6. The van der Waals surface area contributed by atoms with E-state index >= 15 is 0 Å². The van der Waals surface area contributed by atoms with Gasteiger partial charge in [-0.1, -0.05) is 32.8 Å². The smallest absolute Gasteiger partial charge is 0.330 e. The summed E-state index contributed by atoms with van der Waals surface area (Å²) in [6.07, 6.45) is 15.6. The van der Waals surface area contributed by atoms with E-state index in [-0.39, 0.29) is 11.4 Å². The van der Waals surface area contributed by atoms with Crippen molar-refractivity contribution in [2.24, 2.45) is 40.4 Å². The summed E-state index contributed by atoms with van der Waals surface area (Å²) < 4.78 is 5.01. The molecule has 7 unspecified atom stereocenters. The fourth-order valence-electron chi connectivity index (χ4n) is 7.98. The molecule has 0 aromatic heterocycles. The van der Waals surface area contributed by atoms with Crippen LogP contribution < -0.4 is 0 Å². The third-order valence-electron chi connectivity index (χ3n) is 9.55. The maximum Gasteiger partial charge on any atom is 0.330 e. The average molecular weight is 387 g/mol. The summed E-state index contributed by atoms with van der Waals surface area (Å²) in [6, 6.07) is 0. The highest BCUT2D eigenvalue weighted by molar-refractivity contribution is 5.83. The third-order valence-corrected chi connectivity index (χ3v) is 9.55. The number of ether oxygens (including phenoxy) is 1. The van der Waals surface area contributed by atoms with E-state index in [1.807, 2.05) is 13.0 Å². The minimum atomic E-state index is -0.232. The largest absolute Gasteiger partial charge is 0.463 e. The van der Waals surface area contributed by atoms with Gasteiger partial charge in [0.2, 0.25) is 0 Å². The number of carbonyl (C=O) groups is 2. The summed E-state index contributed by atoms with van der Waals surface area (Å²) in [6.45, 7) is 7.24. The van der Waals surface area contributed by atoms with Gasteiger partial charge in [-0.05, 0) is 86.4 Å². The monoisotopic (exact) mass is 386 g/mol. The molecule has 4 aliphatic rings. The minimum Gasteiger partial charge on any atom is -0.463 e. The molecule has 156 valence electrons. The maximum absolute atomic E-state index is 13.3. The van der Waals surface area contributed by atoms with E-state index in [1.54, 1.807) is 6.08 Å². The Balaban J connectivity index is 1.51. The molecule has 3 nitrogen and oxygen atoms in total. The van der Waals surface area contributed by atoms with Gasteiger partial charge in [0, 0.05) is 18.4 Å². The quantitative estimate of drug-likeness (QED) is 0.458. The highest BCUT2D eigenvalue weighted by Crippen LogP contribution is 2.67. The Hall–Kier alpha value is -1.12. The molecule has 3 heteroatoms. The SMILES string of the molecule is CCOC(=O)/C=C/CC1CCC2C3C(=O)CC4CCCCC4(C)C3CCC12C. The predicted molar refractivity (Wildman–Crippen MR) is 111 cm³/mol. The summed E-state index contributed by atoms with van der Waals surface area (Å²) >= 11 is 0. The van der Waals surface area contributed by atoms with Crippen LogP contribution in [0.3, 0.4) is 0 Å². The molecule has 0 heterocycles. The van der Waals surface area contributed by atoms with Crippen LogP contribution in [0.15, 0.2) is 12.2 Å². The van der Waals surface area contributed by atoms with Crippen molar-refractivity contribution in [2.75, 3.05) is 6.61 Å².